The number of nitrogens with one attached hydrogen (secondary N) is 1. The molecule has 1 aliphatic carbocycles. The first-order chi connectivity index (χ1) is 12.8. The van der Waals surface area contributed by atoms with E-state index in [1.54, 1.807) is 4.90 Å². The van der Waals surface area contributed by atoms with Crippen LogP contribution in [0.3, 0.4) is 0 Å². The van der Waals surface area contributed by atoms with Crippen molar-refractivity contribution in [1.82, 2.24) is 14.9 Å². The lowest BCUT2D eigenvalue weighted by molar-refractivity contribution is 0.0233. The van der Waals surface area contributed by atoms with Gasteiger partial charge in [-0.2, -0.15) is 0 Å². The van der Waals surface area contributed by atoms with Crippen LogP contribution in [0, 0.1) is 12.3 Å². The van der Waals surface area contributed by atoms with Gasteiger partial charge in [0.05, 0.1) is 12.2 Å². The van der Waals surface area contributed by atoms with Gasteiger partial charge in [0.25, 0.3) is 0 Å². The fourth-order valence-electron chi connectivity index (χ4n) is 3.14. The van der Waals surface area contributed by atoms with Crippen LogP contribution in [-0.2, 0) is 24.1 Å². The van der Waals surface area contributed by atoms with Gasteiger partial charge in [-0.05, 0) is 51.3 Å². The molecule has 142 valence electrons. The summed E-state index contributed by atoms with van der Waals surface area (Å²) < 4.78 is 6.59. The number of aryl methyl sites for hydroxylation is 2. The van der Waals surface area contributed by atoms with E-state index in [1.165, 1.54) is 5.56 Å². The zero-order chi connectivity index (χ0) is 19.6. The van der Waals surface area contributed by atoms with Crippen LogP contribution >= 0.6 is 15.9 Å². The monoisotopic (exact) mass is 429 g/mol. The van der Waals surface area contributed by atoms with Gasteiger partial charge in [0, 0.05) is 28.7 Å². The van der Waals surface area contributed by atoms with Gasteiger partial charge in [-0.15, -0.1) is 12.3 Å². The molecule has 1 heterocycles. The first-order valence-corrected chi connectivity index (χ1v) is 9.84. The molecule has 3 rings (SSSR count). The average molecular weight is 430 g/mol. The maximum absolute atomic E-state index is 12.5. The molecule has 2 aromatic rings. The number of aromatic nitrogens is 2. The molecular formula is C21H24BrN3O2. The van der Waals surface area contributed by atoms with Crippen LogP contribution in [0.25, 0.3) is 11.3 Å². The molecule has 6 heteroatoms. The first kappa shape index (κ1) is 19.5. The number of halogens is 1. The Labute approximate surface area is 168 Å². The van der Waals surface area contributed by atoms with E-state index in [9.17, 15) is 4.79 Å². The molecule has 0 saturated carbocycles. The van der Waals surface area contributed by atoms with Crippen molar-refractivity contribution in [2.45, 2.75) is 52.2 Å². The van der Waals surface area contributed by atoms with Crippen LogP contribution in [0.15, 0.2) is 22.7 Å². The van der Waals surface area contributed by atoms with Gasteiger partial charge in [-0.25, -0.2) is 9.78 Å². The van der Waals surface area contributed by atoms with Gasteiger partial charge in [0.2, 0.25) is 0 Å². The normalized spacial score (nSPS) is 12.7. The van der Waals surface area contributed by atoms with Crippen LogP contribution in [0.4, 0.5) is 4.79 Å². The van der Waals surface area contributed by atoms with Crippen molar-refractivity contribution in [3.05, 3.63) is 39.8 Å². The van der Waals surface area contributed by atoms with Crippen LogP contribution in [0.2, 0.25) is 0 Å². The zero-order valence-electron chi connectivity index (χ0n) is 15.9. The number of amides is 1. The predicted molar refractivity (Wildman–Crippen MR) is 109 cm³/mol. The molecule has 0 saturated heterocycles. The first-order valence-electron chi connectivity index (χ1n) is 9.05. The third-order valence-corrected chi connectivity index (χ3v) is 4.81. The summed E-state index contributed by atoms with van der Waals surface area (Å²) in [5.74, 6) is 3.33. The summed E-state index contributed by atoms with van der Waals surface area (Å²) >= 11 is 3.53. The molecule has 1 N–H and O–H groups in total. The second kappa shape index (κ2) is 7.77. The number of rotatable bonds is 4. The number of H-pyrrole nitrogens is 1. The molecule has 0 unspecified atom stereocenters. The number of aromatic amines is 1. The van der Waals surface area contributed by atoms with Gasteiger partial charge in [0.15, 0.2) is 0 Å². The Bertz CT molecular complexity index is 890. The summed E-state index contributed by atoms with van der Waals surface area (Å²) in [6.07, 6.45) is 7.35. The van der Waals surface area contributed by atoms with Gasteiger partial charge in [-0.1, -0.05) is 22.0 Å². The standard InChI is InChI=1S/C21H24BrN3O2/c1-5-6-11-25(20(26)27-21(2,3)4)13-18-23-17-10-7-14-12-15(22)8-9-16(14)19(17)24-18/h1,8-9,12H,6-7,10-11,13H2,2-4H3,(H,23,24). The molecule has 0 fully saturated rings. The molecule has 0 spiro atoms. The highest BCUT2D eigenvalue weighted by molar-refractivity contribution is 9.10. The lowest BCUT2D eigenvalue weighted by Crippen LogP contribution is -2.37. The summed E-state index contributed by atoms with van der Waals surface area (Å²) in [7, 11) is 0. The molecule has 1 amide bonds. The largest absolute Gasteiger partial charge is 0.444 e. The van der Waals surface area contributed by atoms with Gasteiger partial charge in [-0.3, -0.25) is 4.90 Å². The van der Waals surface area contributed by atoms with Crippen molar-refractivity contribution >= 4 is 22.0 Å². The van der Waals surface area contributed by atoms with Crippen LogP contribution in [0.1, 0.15) is 44.3 Å². The van der Waals surface area contributed by atoms with Crippen molar-refractivity contribution < 1.29 is 9.53 Å². The third-order valence-electron chi connectivity index (χ3n) is 4.31. The smallest absolute Gasteiger partial charge is 0.410 e. The number of hydrogen-bond acceptors (Lipinski definition) is 3. The Hall–Kier alpha value is -2.26. The molecule has 0 atom stereocenters. The lowest BCUT2D eigenvalue weighted by atomic mass is 9.92. The number of terminal acetylenes is 1. The Balaban J connectivity index is 1.83. The number of imidazole rings is 1. The number of hydrogen-bond donors (Lipinski definition) is 1. The number of fused-ring (bicyclic) bond motifs is 3. The topological polar surface area (TPSA) is 58.2 Å². The van der Waals surface area contributed by atoms with Crippen molar-refractivity contribution in [3.63, 3.8) is 0 Å². The third kappa shape index (κ3) is 4.72. The highest BCUT2D eigenvalue weighted by Crippen LogP contribution is 2.33. The molecule has 0 bridgehead atoms. The molecule has 27 heavy (non-hydrogen) atoms. The minimum Gasteiger partial charge on any atom is -0.444 e. The van der Waals surface area contributed by atoms with E-state index in [2.05, 4.69) is 39.0 Å². The summed E-state index contributed by atoms with van der Waals surface area (Å²) in [6.45, 7) is 6.33. The average Bonchev–Trinajstić information content (AvgIpc) is 2.99. The summed E-state index contributed by atoms with van der Waals surface area (Å²) in [4.78, 5) is 22.3. The minimum absolute atomic E-state index is 0.343. The molecule has 0 aliphatic heterocycles. The van der Waals surface area contributed by atoms with Gasteiger partial charge >= 0.3 is 6.09 Å². The molecule has 1 aromatic carbocycles. The van der Waals surface area contributed by atoms with E-state index >= 15 is 0 Å². The highest BCUT2D eigenvalue weighted by Gasteiger charge is 2.25. The van der Waals surface area contributed by atoms with Crippen molar-refractivity contribution in [3.8, 4) is 23.6 Å². The van der Waals surface area contributed by atoms with E-state index in [1.807, 2.05) is 26.8 Å². The van der Waals surface area contributed by atoms with Crippen molar-refractivity contribution in [2.75, 3.05) is 6.54 Å². The molecular weight excluding hydrogens is 406 g/mol. The minimum atomic E-state index is -0.555. The number of benzene rings is 1. The Kier molecular flexibility index (Phi) is 5.61. The Morgan fingerprint density at radius 2 is 2.19 bits per heavy atom. The second-order valence-electron chi connectivity index (χ2n) is 7.67. The molecule has 1 aromatic heterocycles. The summed E-state index contributed by atoms with van der Waals surface area (Å²) in [5.41, 5.74) is 3.96. The second-order valence-corrected chi connectivity index (χ2v) is 8.58. The van der Waals surface area contributed by atoms with Gasteiger partial charge < -0.3 is 9.72 Å². The van der Waals surface area contributed by atoms with E-state index in [4.69, 9.17) is 16.1 Å². The summed E-state index contributed by atoms with van der Waals surface area (Å²) in [6, 6.07) is 6.26. The fraction of sp³-hybridized carbons (Fsp3) is 0.429. The maximum Gasteiger partial charge on any atom is 0.410 e. The van der Waals surface area contributed by atoms with Crippen molar-refractivity contribution in [1.29, 1.82) is 0 Å². The van der Waals surface area contributed by atoms with E-state index in [-0.39, 0.29) is 6.09 Å². The van der Waals surface area contributed by atoms with E-state index in [0.717, 1.165) is 40.1 Å². The molecule has 0 radical (unpaired) electrons. The predicted octanol–water partition coefficient (Wildman–Crippen LogP) is 4.70. The Morgan fingerprint density at radius 1 is 1.41 bits per heavy atom. The maximum atomic E-state index is 12.5. The van der Waals surface area contributed by atoms with Crippen LogP contribution in [0.5, 0.6) is 0 Å². The zero-order valence-corrected chi connectivity index (χ0v) is 17.5. The van der Waals surface area contributed by atoms with Crippen LogP contribution < -0.4 is 0 Å². The fourth-order valence-corrected chi connectivity index (χ4v) is 3.55. The highest BCUT2D eigenvalue weighted by atomic mass is 79.9. The van der Waals surface area contributed by atoms with E-state index in [0.29, 0.717) is 19.5 Å². The SMILES string of the molecule is C#CCCN(Cc1nc2c([nH]1)CCc1cc(Br)ccc1-2)C(=O)OC(C)(C)C. The Morgan fingerprint density at radius 3 is 2.89 bits per heavy atom. The number of nitrogens with zero attached hydrogens (tertiary/aromatic N) is 2. The van der Waals surface area contributed by atoms with Gasteiger partial charge in [0.1, 0.15) is 11.4 Å². The quantitative estimate of drug-likeness (QED) is 0.716. The molecule has 5 nitrogen and oxygen atoms in total. The van der Waals surface area contributed by atoms with Crippen molar-refractivity contribution in [2.24, 2.45) is 0 Å². The van der Waals surface area contributed by atoms with Crippen LogP contribution in [-0.4, -0.2) is 33.1 Å². The lowest BCUT2D eigenvalue weighted by Gasteiger charge is -2.26. The number of carbonyl (C=O) groups is 1. The number of ether oxygens (including phenoxy) is 1. The number of carbonyl (C=O) groups excluding carboxylic acids is 1. The van der Waals surface area contributed by atoms with E-state index < -0.39 is 5.60 Å². The molecule has 1 aliphatic rings. The summed E-state index contributed by atoms with van der Waals surface area (Å²) in [5, 5.41) is 0.